The smallest absolute Gasteiger partial charge is 0.406 e. The number of amides is 1. The number of nitrogens with zero attached hydrogens (tertiary/aromatic N) is 6. The van der Waals surface area contributed by atoms with Crippen molar-refractivity contribution in [3.8, 4) is 17.3 Å². The van der Waals surface area contributed by atoms with Gasteiger partial charge in [-0.05, 0) is 43.5 Å². The van der Waals surface area contributed by atoms with Crippen LogP contribution in [0.15, 0.2) is 35.0 Å². The van der Waals surface area contributed by atoms with Crippen molar-refractivity contribution < 1.29 is 27.2 Å². The summed E-state index contributed by atoms with van der Waals surface area (Å²) in [6.07, 6.45) is -0.260. The highest BCUT2D eigenvalue weighted by Crippen LogP contribution is 2.38. The summed E-state index contributed by atoms with van der Waals surface area (Å²) in [6.45, 7) is 0.894. The Hall–Kier alpha value is -3.44. The van der Waals surface area contributed by atoms with Gasteiger partial charge in [-0.1, -0.05) is 10.4 Å². The van der Waals surface area contributed by atoms with Crippen LogP contribution in [0.5, 0.6) is 5.75 Å². The number of aromatic nitrogens is 5. The van der Waals surface area contributed by atoms with Crippen LogP contribution in [-0.4, -0.2) is 55.4 Å². The predicted molar refractivity (Wildman–Crippen MR) is 98.0 cm³/mol. The monoisotopic (exact) mass is 434 g/mol. The van der Waals surface area contributed by atoms with Gasteiger partial charge in [-0.2, -0.15) is 4.98 Å². The van der Waals surface area contributed by atoms with Gasteiger partial charge in [-0.15, -0.1) is 18.3 Å². The van der Waals surface area contributed by atoms with Crippen LogP contribution in [-0.2, 0) is 0 Å². The molecule has 3 aromatic rings. The standard InChI is InChI=1S/C19H17F3N6O3/c20-19(21,22)30-14-5-3-12(4-6-14)18(29)27-8-7-13(9-27)28-10-15(24-26-28)17-23-16(25-31-17)11-1-2-11/h3-6,10-11,13H,1-2,7-9H2/t13-/m0/s1. The first-order chi connectivity index (χ1) is 14.9. The minimum atomic E-state index is -4.77. The highest BCUT2D eigenvalue weighted by atomic mass is 19.4. The molecule has 1 aliphatic heterocycles. The molecular formula is C19H17F3N6O3. The fourth-order valence-electron chi connectivity index (χ4n) is 3.52. The fraction of sp³-hybridized carbons (Fsp3) is 0.421. The van der Waals surface area contributed by atoms with Crippen LogP contribution in [0.2, 0.25) is 0 Å². The second kappa shape index (κ2) is 7.36. The van der Waals surface area contributed by atoms with Gasteiger partial charge in [-0.25, -0.2) is 4.68 Å². The highest BCUT2D eigenvalue weighted by molar-refractivity contribution is 5.94. The van der Waals surface area contributed by atoms with E-state index in [9.17, 15) is 18.0 Å². The summed E-state index contributed by atoms with van der Waals surface area (Å²) in [7, 11) is 0. The van der Waals surface area contributed by atoms with Crippen molar-refractivity contribution in [3.63, 3.8) is 0 Å². The zero-order valence-corrected chi connectivity index (χ0v) is 16.1. The average molecular weight is 434 g/mol. The Morgan fingerprint density at radius 2 is 1.94 bits per heavy atom. The van der Waals surface area contributed by atoms with Gasteiger partial charge in [-0.3, -0.25) is 4.79 Å². The van der Waals surface area contributed by atoms with E-state index < -0.39 is 6.36 Å². The van der Waals surface area contributed by atoms with Crippen molar-refractivity contribution >= 4 is 5.91 Å². The lowest BCUT2D eigenvalue weighted by molar-refractivity contribution is -0.274. The zero-order chi connectivity index (χ0) is 21.6. The van der Waals surface area contributed by atoms with Crippen LogP contribution in [0.4, 0.5) is 13.2 Å². The van der Waals surface area contributed by atoms with Gasteiger partial charge in [0.15, 0.2) is 11.5 Å². The maximum Gasteiger partial charge on any atom is 0.573 e. The van der Waals surface area contributed by atoms with Crippen LogP contribution in [0.25, 0.3) is 11.6 Å². The van der Waals surface area contributed by atoms with Gasteiger partial charge in [0.05, 0.1) is 12.2 Å². The summed E-state index contributed by atoms with van der Waals surface area (Å²) in [6, 6.07) is 4.80. The van der Waals surface area contributed by atoms with Gasteiger partial charge in [0, 0.05) is 24.6 Å². The molecule has 1 atom stereocenters. The lowest BCUT2D eigenvalue weighted by atomic mass is 10.2. The molecule has 3 heterocycles. The minimum absolute atomic E-state index is 0.0798. The van der Waals surface area contributed by atoms with E-state index in [1.54, 1.807) is 15.8 Å². The molecule has 9 nitrogen and oxygen atoms in total. The van der Waals surface area contributed by atoms with E-state index in [4.69, 9.17) is 4.52 Å². The quantitative estimate of drug-likeness (QED) is 0.608. The normalized spacial score (nSPS) is 19.1. The zero-order valence-electron chi connectivity index (χ0n) is 16.1. The van der Waals surface area contributed by atoms with Crippen LogP contribution >= 0.6 is 0 Å². The van der Waals surface area contributed by atoms with Crippen LogP contribution < -0.4 is 4.74 Å². The summed E-state index contributed by atoms with van der Waals surface area (Å²) < 4.78 is 47.6. The van der Waals surface area contributed by atoms with Crippen LogP contribution in [0, 0.1) is 0 Å². The van der Waals surface area contributed by atoms with E-state index in [-0.39, 0.29) is 23.3 Å². The number of alkyl halides is 3. The molecule has 2 aliphatic rings. The molecule has 1 saturated heterocycles. The number of likely N-dealkylation sites (tertiary alicyclic amines) is 1. The van der Waals surface area contributed by atoms with Gasteiger partial charge in [0.25, 0.3) is 11.8 Å². The molecule has 0 unspecified atom stereocenters. The number of benzene rings is 1. The van der Waals surface area contributed by atoms with Crippen molar-refractivity contribution in [2.75, 3.05) is 13.1 Å². The first-order valence-electron chi connectivity index (χ1n) is 9.76. The molecule has 0 radical (unpaired) electrons. The van der Waals surface area contributed by atoms with E-state index in [0.717, 1.165) is 25.0 Å². The molecule has 0 N–H and O–H groups in total. The molecule has 0 spiro atoms. The number of carbonyl (C=O) groups excluding carboxylic acids is 1. The Balaban J connectivity index is 1.22. The third kappa shape index (κ3) is 4.23. The van der Waals surface area contributed by atoms with Gasteiger partial charge in [0.2, 0.25) is 0 Å². The molecule has 2 fully saturated rings. The number of halogens is 3. The topological polar surface area (TPSA) is 99.2 Å². The Labute approximate surface area is 173 Å². The SMILES string of the molecule is O=C(c1ccc(OC(F)(F)F)cc1)N1CC[C@H](n2cc(-c3nc(C4CC4)no3)nn2)C1. The van der Waals surface area contributed by atoms with E-state index in [1.807, 2.05) is 0 Å². The van der Waals surface area contributed by atoms with Crippen LogP contribution in [0.1, 0.15) is 47.4 Å². The molecule has 162 valence electrons. The summed E-state index contributed by atoms with van der Waals surface area (Å²) in [5.74, 6) is 0.738. The Morgan fingerprint density at radius 3 is 2.65 bits per heavy atom. The molecular weight excluding hydrogens is 417 g/mol. The summed E-state index contributed by atoms with van der Waals surface area (Å²) in [5.41, 5.74) is 0.761. The maximum absolute atomic E-state index is 12.7. The first-order valence-corrected chi connectivity index (χ1v) is 9.76. The molecule has 1 aromatic carbocycles. The molecule has 1 aliphatic carbocycles. The summed E-state index contributed by atoms with van der Waals surface area (Å²) in [5, 5.41) is 12.2. The Bertz CT molecular complexity index is 1090. The van der Waals surface area contributed by atoms with E-state index in [0.29, 0.717) is 42.8 Å². The molecule has 1 saturated carbocycles. The number of hydrogen-bond acceptors (Lipinski definition) is 7. The molecule has 31 heavy (non-hydrogen) atoms. The molecule has 0 bridgehead atoms. The van der Waals surface area contributed by atoms with Crippen molar-refractivity contribution in [3.05, 3.63) is 41.9 Å². The van der Waals surface area contributed by atoms with Gasteiger partial charge >= 0.3 is 6.36 Å². The third-order valence-electron chi connectivity index (χ3n) is 5.27. The Morgan fingerprint density at radius 1 is 1.16 bits per heavy atom. The van der Waals surface area contributed by atoms with Crippen molar-refractivity contribution in [1.29, 1.82) is 0 Å². The molecule has 2 aromatic heterocycles. The molecule has 5 rings (SSSR count). The lowest BCUT2D eigenvalue weighted by Crippen LogP contribution is -2.29. The number of ether oxygens (including phenoxy) is 1. The van der Waals surface area contributed by atoms with Gasteiger partial charge < -0.3 is 14.2 Å². The van der Waals surface area contributed by atoms with Crippen molar-refractivity contribution in [2.24, 2.45) is 0 Å². The largest absolute Gasteiger partial charge is 0.573 e. The minimum Gasteiger partial charge on any atom is -0.406 e. The average Bonchev–Trinajstić information content (AvgIpc) is 3.15. The Kier molecular flexibility index (Phi) is 4.63. The molecule has 1 amide bonds. The second-order valence-corrected chi connectivity index (χ2v) is 7.58. The van der Waals surface area contributed by atoms with E-state index >= 15 is 0 Å². The third-order valence-corrected chi connectivity index (χ3v) is 5.27. The highest BCUT2D eigenvalue weighted by Gasteiger charge is 2.33. The van der Waals surface area contributed by atoms with E-state index in [1.165, 1.54) is 12.1 Å². The fourth-order valence-corrected chi connectivity index (χ4v) is 3.52. The predicted octanol–water partition coefficient (Wildman–Crippen LogP) is 3.19. The van der Waals surface area contributed by atoms with Crippen LogP contribution in [0.3, 0.4) is 0 Å². The number of hydrogen-bond donors (Lipinski definition) is 0. The summed E-state index contributed by atoms with van der Waals surface area (Å²) in [4.78, 5) is 18.7. The number of carbonyl (C=O) groups is 1. The molecule has 12 heteroatoms. The first kappa shape index (κ1) is 19.5. The lowest BCUT2D eigenvalue weighted by Gasteiger charge is -2.17. The van der Waals surface area contributed by atoms with Gasteiger partial charge in [0.1, 0.15) is 5.75 Å². The maximum atomic E-state index is 12.7. The second-order valence-electron chi connectivity index (χ2n) is 7.58. The van der Waals surface area contributed by atoms with E-state index in [2.05, 4.69) is 25.2 Å². The number of rotatable bonds is 5. The van der Waals surface area contributed by atoms with Crippen molar-refractivity contribution in [1.82, 2.24) is 30.0 Å². The summed E-state index contributed by atoms with van der Waals surface area (Å²) >= 11 is 0. The van der Waals surface area contributed by atoms with Crippen molar-refractivity contribution in [2.45, 2.75) is 37.6 Å².